The van der Waals surface area contributed by atoms with Crippen LogP contribution in [0.15, 0.2) is 10.6 Å². The van der Waals surface area contributed by atoms with E-state index in [1.807, 2.05) is 26.8 Å². The predicted octanol–water partition coefficient (Wildman–Crippen LogP) is 0.283. The van der Waals surface area contributed by atoms with Gasteiger partial charge in [0.25, 0.3) is 0 Å². The lowest BCUT2D eigenvalue weighted by Crippen LogP contribution is -2.59. The third kappa shape index (κ3) is 3.33. The summed E-state index contributed by atoms with van der Waals surface area (Å²) < 4.78 is 5.08. The number of piperazine rings is 1. The third-order valence-electron chi connectivity index (χ3n) is 3.56. The lowest BCUT2D eigenvalue weighted by atomic mass is 10.0. The monoisotopic (exact) mass is 266 g/mol. The molecule has 1 fully saturated rings. The number of hydrogen-bond acceptors (Lipinski definition) is 5. The van der Waals surface area contributed by atoms with Gasteiger partial charge < -0.3 is 15.2 Å². The highest BCUT2D eigenvalue weighted by atomic mass is 16.5. The molecule has 106 valence electrons. The second-order valence-electron chi connectivity index (χ2n) is 5.41. The molecule has 1 saturated heterocycles. The largest absolute Gasteiger partial charge is 0.359 e. The number of carbonyl (C=O) groups excluding carboxylic acids is 1. The fourth-order valence-electron chi connectivity index (χ4n) is 2.25. The first-order valence-corrected chi connectivity index (χ1v) is 6.66. The molecule has 2 heterocycles. The Hall–Kier alpha value is -1.40. The van der Waals surface area contributed by atoms with Gasteiger partial charge in [-0.05, 0) is 20.8 Å². The molecule has 0 saturated carbocycles. The molecule has 1 aromatic rings. The summed E-state index contributed by atoms with van der Waals surface area (Å²) in [6.07, 6.45) is 0. The van der Waals surface area contributed by atoms with Gasteiger partial charge in [0.05, 0.1) is 17.8 Å². The number of aromatic nitrogens is 1. The van der Waals surface area contributed by atoms with E-state index < -0.39 is 5.54 Å². The number of rotatable bonds is 4. The maximum Gasteiger partial charge on any atom is 0.240 e. The van der Waals surface area contributed by atoms with Crippen molar-refractivity contribution in [3.05, 3.63) is 17.5 Å². The van der Waals surface area contributed by atoms with Crippen LogP contribution in [0.25, 0.3) is 0 Å². The molecular weight excluding hydrogens is 244 g/mol. The summed E-state index contributed by atoms with van der Waals surface area (Å²) in [7, 11) is 0. The van der Waals surface area contributed by atoms with Crippen molar-refractivity contribution in [3.8, 4) is 0 Å². The Labute approximate surface area is 113 Å². The number of carbonyl (C=O) groups is 1. The molecule has 1 aliphatic heterocycles. The van der Waals surface area contributed by atoms with Crippen LogP contribution in [0.4, 0.5) is 0 Å². The van der Waals surface area contributed by atoms with Crippen molar-refractivity contribution in [2.45, 2.75) is 32.9 Å². The van der Waals surface area contributed by atoms with Crippen LogP contribution in [0, 0.1) is 6.92 Å². The first kappa shape index (κ1) is 14.0. The van der Waals surface area contributed by atoms with Gasteiger partial charge in [0, 0.05) is 32.2 Å². The Balaban J connectivity index is 1.90. The fraction of sp³-hybridized carbons (Fsp3) is 0.692. The van der Waals surface area contributed by atoms with Gasteiger partial charge in [-0.25, -0.2) is 0 Å². The van der Waals surface area contributed by atoms with Crippen LogP contribution in [0.3, 0.4) is 0 Å². The molecule has 1 aliphatic rings. The van der Waals surface area contributed by atoms with Crippen LogP contribution >= 0.6 is 0 Å². The summed E-state index contributed by atoms with van der Waals surface area (Å²) in [5.74, 6) is 0.699. The van der Waals surface area contributed by atoms with Gasteiger partial charge in [-0.1, -0.05) is 5.16 Å². The molecule has 2 N–H and O–H groups in total. The highest BCUT2D eigenvalue weighted by Crippen LogP contribution is 2.15. The Bertz CT molecular complexity index is 436. The zero-order chi connectivity index (χ0) is 13.9. The normalized spacial score (nSPS) is 17.4. The van der Waals surface area contributed by atoms with Gasteiger partial charge in [0.2, 0.25) is 5.91 Å². The fourth-order valence-corrected chi connectivity index (χ4v) is 2.25. The van der Waals surface area contributed by atoms with E-state index in [9.17, 15) is 4.79 Å². The standard InChI is InChI=1S/C13H22N4O2/c1-10-8-11(19-16-10)9-15-12(18)13(2,3)17-6-4-14-5-7-17/h8,14H,4-7,9H2,1-3H3,(H,15,18). The van der Waals surface area contributed by atoms with Gasteiger partial charge in [-0.3, -0.25) is 9.69 Å². The second kappa shape index (κ2) is 5.71. The molecule has 0 bridgehead atoms. The predicted molar refractivity (Wildman–Crippen MR) is 71.6 cm³/mol. The van der Waals surface area contributed by atoms with E-state index in [0.29, 0.717) is 12.3 Å². The van der Waals surface area contributed by atoms with E-state index in [2.05, 4.69) is 20.7 Å². The summed E-state index contributed by atoms with van der Waals surface area (Å²) in [5.41, 5.74) is 0.322. The molecule has 0 radical (unpaired) electrons. The summed E-state index contributed by atoms with van der Waals surface area (Å²) in [5, 5.41) is 10.0. The van der Waals surface area contributed by atoms with Crippen molar-refractivity contribution in [2.24, 2.45) is 0 Å². The van der Waals surface area contributed by atoms with Crippen LogP contribution in [0.2, 0.25) is 0 Å². The van der Waals surface area contributed by atoms with Crippen molar-refractivity contribution >= 4 is 5.91 Å². The first-order chi connectivity index (χ1) is 9.00. The maximum absolute atomic E-state index is 12.3. The van der Waals surface area contributed by atoms with Crippen LogP contribution in [-0.2, 0) is 11.3 Å². The molecule has 0 unspecified atom stereocenters. The number of nitrogens with zero attached hydrogens (tertiary/aromatic N) is 2. The van der Waals surface area contributed by atoms with Crippen LogP contribution in [-0.4, -0.2) is 47.7 Å². The summed E-state index contributed by atoms with van der Waals surface area (Å²) >= 11 is 0. The Morgan fingerprint density at radius 1 is 1.53 bits per heavy atom. The minimum atomic E-state index is -0.503. The quantitative estimate of drug-likeness (QED) is 0.819. The van der Waals surface area contributed by atoms with E-state index in [-0.39, 0.29) is 5.91 Å². The smallest absolute Gasteiger partial charge is 0.240 e. The topological polar surface area (TPSA) is 70.4 Å². The van der Waals surface area contributed by atoms with E-state index in [0.717, 1.165) is 31.9 Å². The molecular formula is C13H22N4O2. The highest BCUT2D eigenvalue weighted by Gasteiger charge is 2.34. The molecule has 0 aromatic carbocycles. The van der Waals surface area contributed by atoms with E-state index in [1.54, 1.807) is 0 Å². The summed E-state index contributed by atoms with van der Waals surface area (Å²) in [6, 6.07) is 1.83. The molecule has 0 spiro atoms. The number of amides is 1. The van der Waals surface area contributed by atoms with Crippen molar-refractivity contribution < 1.29 is 9.32 Å². The third-order valence-corrected chi connectivity index (χ3v) is 3.56. The molecule has 0 aliphatic carbocycles. The summed E-state index contributed by atoms with van der Waals surface area (Å²) in [4.78, 5) is 14.5. The lowest BCUT2D eigenvalue weighted by molar-refractivity contribution is -0.132. The molecule has 6 nitrogen and oxygen atoms in total. The van der Waals surface area contributed by atoms with Gasteiger partial charge in [-0.15, -0.1) is 0 Å². The van der Waals surface area contributed by atoms with Crippen molar-refractivity contribution in [1.29, 1.82) is 0 Å². The average molecular weight is 266 g/mol. The maximum atomic E-state index is 12.3. The Morgan fingerprint density at radius 3 is 2.79 bits per heavy atom. The van der Waals surface area contributed by atoms with Gasteiger partial charge in [-0.2, -0.15) is 0 Å². The van der Waals surface area contributed by atoms with Crippen molar-refractivity contribution in [3.63, 3.8) is 0 Å². The van der Waals surface area contributed by atoms with E-state index >= 15 is 0 Å². The number of nitrogens with one attached hydrogen (secondary N) is 2. The molecule has 2 rings (SSSR count). The molecule has 19 heavy (non-hydrogen) atoms. The number of aryl methyl sites for hydroxylation is 1. The van der Waals surface area contributed by atoms with Crippen LogP contribution < -0.4 is 10.6 Å². The van der Waals surface area contributed by atoms with Gasteiger partial charge in [0.15, 0.2) is 5.76 Å². The molecule has 1 aromatic heterocycles. The molecule has 6 heteroatoms. The van der Waals surface area contributed by atoms with Gasteiger partial charge in [0.1, 0.15) is 0 Å². The minimum Gasteiger partial charge on any atom is -0.359 e. The molecule has 0 atom stereocenters. The molecule has 1 amide bonds. The number of hydrogen-bond donors (Lipinski definition) is 2. The average Bonchev–Trinajstić information content (AvgIpc) is 2.82. The van der Waals surface area contributed by atoms with Gasteiger partial charge >= 0.3 is 0 Å². The first-order valence-electron chi connectivity index (χ1n) is 6.66. The Morgan fingerprint density at radius 2 is 2.21 bits per heavy atom. The minimum absolute atomic E-state index is 0.0171. The van der Waals surface area contributed by atoms with Crippen molar-refractivity contribution in [1.82, 2.24) is 20.7 Å². The van der Waals surface area contributed by atoms with Crippen molar-refractivity contribution in [2.75, 3.05) is 26.2 Å². The Kier molecular flexibility index (Phi) is 4.21. The SMILES string of the molecule is Cc1cc(CNC(=O)C(C)(C)N2CCNCC2)on1. The highest BCUT2D eigenvalue weighted by molar-refractivity contribution is 5.85. The van der Waals surface area contributed by atoms with E-state index in [4.69, 9.17) is 4.52 Å². The second-order valence-corrected chi connectivity index (χ2v) is 5.41. The summed E-state index contributed by atoms with van der Waals surface area (Å²) in [6.45, 7) is 9.80. The lowest BCUT2D eigenvalue weighted by Gasteiger charge is -2.39. The van der Waals surface area contributed by atoms with Crippen LogP contribution in [0.5, 0.6) is 0 Å². The van der Waals surface area contributed by atoms with E-state index in [1.165, 1.54) is 0 Å². The van der Waals surface area contributed by atoms with Crippen LogP contribution in [0.1, 0.15) is 25.3 Å². The zero-order valence-corrected chi connectivity index (χ0v) is 11.8. The zero-order valence-electron chi connectivity index (χ0n) is 11.8.